The second-order valence-corrected chi connectivity index (χ2v) is 5.40. The van der Waals surface area contributed by atoms with Gasteiger partial charge in [0.05, 0.1) is 5.75 Å². The Hall–Kier alpha value is -2.28. The number of thioether (sulfide) groups is 1. The van der Waals surface area contributed by atoms with Crippen LogP contribution in [0.4, 0.5) is 0 Å². The van der Waals surface area contributed by atoms with E-state index in [4.69, 9.17) is 10.2 Å². The maximum Gasteiger partial charge on any atom is 0.227 e. The van der Waals surface area contributed by atoms with E-state index >= 15 is 0 Å². The van der Waals surface area contributed by atoms with Gasteiger partial charge >= 0.3 is 0 Å². The van der Waals surface area contributed by atoms with Gasteiger partial charge in [-0.2, -0.15) is 0 Å². The Balaban J connectivity index is 1.99. The molecule has 0 aliphatic rings. The molecule has 0 atom stereocenters. The van der Waals surface area contributed by atoms with Crippen molar-refractivity contribution in [3.05, 3.63) is 30.3 Å². The first-order valence-corrected chi connectivity index (χ1v) is 7.51. The number of primary amides is 1. The molecule has 7 heteroatoms. The summed E-state index contributed by atoms with van der Waals surface area (Å²) in [6.45, 7) is 2.67. The van der Waals surface area contributed by atoms with Crippen molar-refractivity contribution < 1.29 is 9.21 Å². The minimum Gasteiger partial charge on any atom is -0.453 e. The first-order valence-electron chi connectivity index (χ1n) is 6.52. The van der Waals surface area contributed by atoms with Gasteiger partial charge in [-0.25, -0.2) is 0 Å². The van der Waals surface area contributed by atoms with E-state index in [9.17, 15) is 4.79 Å². The van der Waals surface area contributed by atoms with Crippen molar-refractivity contribution >= 4 is 28.6 Å². The second kappa shape index (κ2) is 5.61. The van der Waals surface area contributed by atoms with E-state index < -0.39 is 0 Å². The molecule has 1 aromatic carbocycles. The molecule has 21 heavy (non-hydrogen) atoms. The third kappa shape index (κ3) is 2.64. The van der Waals surface area contributed by atoms with Crippen LogP contribution >= 0.6 is 11.8 Å². The van der Waals surface area contributed by atoms with Crippen molar-refractivity contribution in [3.63, 3.8) is 0 Å². The van der Waals surface area contributed by atoms with Gasteiger partial charge in [-0.05, 0) is 19.1 Å². The summed E-state index contributed by atoms with van der Waals surface area (Å²) in [7, 11) is 0. The minimum absolute atomic E-state index is 0.179. The van der Waals surface area contributed by atoms with Gasteiger partial charge in [0.2, 0.25) is 11.7 Å². The number of nitrogens with zero attached hydrogens (tertiary/aromatic N) is 3. The number of para-hydroxylation sites is 1. The fraction of sp³-hybridized carbons (Fsp3) is 0.214. The van der Waals surface area contributed by atoms with Crippen LogP contribution in [0.5, 0.6) is 0 Å². The van der Waals surface area contributed by atoms with Crippen LogP contribution in [-0.2, 0) is 11.3 Å². The SMILES string of the molecule is CCn1c(SCC(N)=O)nnc1-c1cc2ccccc2o1. The first-order chi connectivity index (χ1) is 10.2. The molecule has 0 fully saturated rings. The van der Waals surface area contributed by atoms with E-state index in [1.54, 1.807) is 0 Å². The summed E-state index contributed by atoms with van der Waals surface area (Å²) >= 11 is 1.28. The van der Waals surface area contributed by atoms with Gasteiger partial charge < -0.3 is 10.2 Å². The summed E-state index contributed by atoms with van der Waals surface area (Å²) < 4.78 is 7.72. The fourth-order valence-electron chi connectivity index (χ4n) is 2.09. The summed E-state index contributed by atoms with van der Waals surface area (Å²) in [4.78, 5) is 10.9. The standard InChI is InChI=1S/C14H14N4O2S/c1-2-18-13(16-17-14(18)21-8-12(15)19)11-7-9-5-3-4-6-10(9)20-11/h3-7H,2,8H2,1H3,(H2,15,19). The summed E-state index contributed by atoms with van der Waals surface area (Å²) in [6.07, 6.45) is 0. The van der Waals surface area contributed by atoms with E-state index in [-0.39, 0.29) is 11.7 Å². The molecule has 0 bridgehead atoms. The highest BCUT2D eigenvalue weighted by molar-refractivity contribution is 7.99. The van der Waals surface area contributed by atoms with Crippen LogP contribution < -0.4 is 5.73 Å². The zero-order chi connectivity index (χ0) is 14.8. The molecule has 6 nitrogen and oxygen atoms in total. The number of amides is 1. The molecular formula is C14H14N4O2S. The Morgan fingerprint density at radius 3 is 2.90 bits per heavy atom. The largest absolute Gasteiger partial charge is 0.453 e. The third-order valence-corrected chi connectivity index (χ3v) is 4.01. The van der Waals surface area contributed by atoms with Crippen LogP contribution in [-0.4, -0.2) is 26.4 Å². The van der Waals surface area contributed by atoms with Gasteiger partial charge in [0, 0.05) is 11.9 Å². The number of furan rings is 1. The molecular weight excluding hydrogens is 288 g/mol. The number of carbonyl (C=O) groups excluding carboxylic acids is 1. The average Bonchev–Trinajstić information content (AvgIpc) is 3.07. The van der Waals surface area contributed by atoms with Crippen molar-refractivity contribution in [3.8, 4) is 11.6 Å². The van der Waals surface area contributed by atoms with Crippen molar-refractivity contribution in [2.75, 3.05) is 5.75 Å². The van der Waals surface area contributed by atoms with Crippen LogP contribution in [0.25, 0.3) is 22.6 Å². The van der Waals surface area contributed by atoms with Crippen LogP contribution in [0, 0.1) is 0 Å². The van der Waals surface area contributed by atoms with E-state index in [0.717, 1.165) is 11.0 Å². The average molecular weight is 302 g/mol. The lowest BCUT2D eigenvalue weighted by molar-refractivity contribution is -0.115. The smallest absolute Gasteiger partial charge is 0.227 e. The monoisotopic (exact) mass is 302 g/mol. The Labute approximate surface area is 125 Å². The van der Waals surface area contributed by atoms with E-state index in [0.29, 0.717) is 23.3 Å². The highest BCUT2D eigenvalue weighted by Gasteiger charge is 2.17. The maximum atomic E-state index is 10.9. The van der Waals surface area contributed by atoms with E-state index in [2.05, 4.69) is 10.2 Å². The normalized spacial score (nSPS) is 11.1. The lowest BCUT2D eigenvalue weighted by Gasteiger charge is -2.04. The highest BCUT2D eigenvalue weighted by Crippen LogP contribution is 2.29. The topological polar surface area (TPSA) is 86.9 Å². The van der Waals surface area contributed by atoms with Gasteiger partial charge in [-0.15, -0.1) is 10.2 Å². The van der Waals surface area contributed by atoms with Crippen molar-refractivity contribution in [2.45, 2.75) is 18.6 Å². The number of hydrogen-bond donors (Lipinski definition) is 1. The number of benzene rings is 1. The second-order valence-electron chi connectivity index (χ2n) is 4.45. The molecule has 0 aliphatic heterocycles. The van der Waals surface area contributed by atoms with Crippen LogP contribution in [0.3, 0.4) is 0 Å². The Morgan fingerprint density at radius 1 is 1.38 bits per heavy atom. The predicted molar refractivity (Wildman–Crippen MR) is 80.8 cm³/mol. The lowest BCUT2D eigenvalue weighted by atomic mass is 10.2. The van der Waals surface area contributed by atoms with Gasteiger partial charge in [0.25, 0.3) is 0 Å². The molecule has 108 valence electrons. The zero-order valence-electron chi connectivity index (χ0n) is 11.4. The molecule has 0 saturated heterocycles. The molecule has 2 N–H and O–H groups in total. The summed E-state index contributed by atoms with van der Waals surface area (Å²) in [5.74, 6) is 1.12. The number of nitrogens with two attached hydrogens (primary N) is 1. The number of carbonyl (C=O) groups is 1. The summed E-state index contributed by atoms with van der Waals surface area (Å²) in [6, 6.07) is 9.72. The first kappa shape index (κ1) is 13.7. The third-order valence-electron chi connectivity index (χ3n) is 3.02. The molecule has 0 aliphatic carbocycles. The van der Waals surface area contributed by atoms with Gasteiger partial charge in [0.1, 0.15) is 5.58 Å². The molecule has 0 radical (unpaired) electrons. The highest BCUT2D eigenvalue weighted by atomic mass is 32.2. The number of fused-ring (bicyclic) bond motifs is 1. The molecule has 0 saturated carbocycles. The number of hydrogen-bond acceptors (Lipinski definition) is 5. The predicted octanol–water partition coefficient (Wildman–Crippen LogP) is 2.29. The Bertz CT molecular complexity index is 760. The Kier molecular flexibility index (Phi) is 3.66. The van der Waals surface area contributed by atoms with E-state index in [1.165, 1.54) is 11.8 Å². The maximum absolute atomic E-state index is 10.9. The molecule has 0 unspecified atom stereocenters. The minimum atomic E-state index is -0.379. The molecule has 2 heterocycles. The van der Waals surface area contributed by atoms with Crippen molar-refractivity contribution in [2.24, 2.45) is 5.73 Å². The number of aromatic nitrogens is 3. The van der Waals surface area contributed by atoms with Crippen LogP contribution in [0.1, 0.15) is 6.92 Å². The molecule has 1 amide bonds. The molecule has 0 spiro atoms. The lowest BCUT2D eigenvalue weighted by Crippen LogP contribution is -2.13. The molecule has 3 rings (SSSR count). The number of rotatable bonds is 5. The fourth-order valence-corrected chi connectivity index (χ4v) is 2.83. The molecule has 2 aromatic heterocycles. The van der Waals surface area contributed by atoms with Crippen LogP contribution in [0.15, 0.2) is 39.9 Å². The van der Waals surface area contributed by atoms with Gasteiger partial charge in [0.15, 0.2) is 10.9 Å². The summed E-state index contributed by atoms with van der Waals surface area (Å²) in [5, 5.41) is 9.97. The van der Waals surface area contributed by atoms with Gasteiger partial charge in [-0.1, -0.05) is 30.0 Å². The molecule has 3 aromatic rings. The van der Waals surface area contributed by atoms with Crippen molar-refractivity contribution in [1.29, 1.82) is 0 Å². The van der Waals surface area contributed by atoms with Gasteiger partial charge in [-0.3, -0.25) is 9.36 Å². The quantitative estimate of drug-likeness (QED) is 0.731. The van der Waals surface area contributed by atoms with E-state index in [1.807, 2.05) is 41.8 Å². The summed E-state index contributed by atoms with van der Waals surface area (Å²) in [5.41, 5.74) is 5.97. The van der Waals surface area contributed by atoms with Crippen molar-refractivity contribution in [1.82, 2.24) is 14.8 Å². The Morgan fingerprint density at radius 2 is 2.19 bits per heavy atom. The van der Waals surface area contributed by atoms with Crippen LogP contribution in [0.2, 0.25) is 0 Å². The zero-order valence-corrected chi connectivity index (χ0v) is 12.3.